The highest BCUT2D eigenvalue weighted by Crippen LogP contribution is 2.47. The predicted octanol–water partition coefficient (Wildman–Crippen LogP) is 4.55. The molecule has 24 heavy (non-hydrogen) atoms. The molecule has 128 valence electrons. The number of benzene rings is 1. The van der Waals surface area contributed by atoms with Crippen LogP contribution >= 0.6 is 0 Å². The first kappa shape index (κ1) is 15.8. The van der Waals surface area contributed by atoms with Crippen molar-refractivity contribution in [2.45, 2.75) is 45.2 Å². The summed E-state index contributed by atoms with van der Waals surface area (Å²) in [4.78, 5) is 6.82. The van der Waals surface area contributed by atoms with Gasteiger partial charge in [-0.3, -0.25) is 4.90 Å². The van der Waals surface area contributed by atoms with Gasteiger partial charge in [0.05, 0.1) is 11.3 Å². The van der Waals surface area contributed by atoms with Crippen molar-refractivity contribution in [3.8, 4) is 11.5 Å². The molecular weight excluding hydrogens is 310 g/mol. The Labute approximate surface area is 140 Å². The third-order valence-electron chi connectivity index (χ3n) is 5.17. The van der Waals surface area contributed by atoms with E-state index >= 15 is 0 Å². The number of nitrogens with zero attached hydrogens (tertiary/aromatic N) is 2. The van der Waals surface area contributed by atoms with Crippen LogP contribution in [0.15, 0.2) is 22.6 Å². The minimum atomic E-state index is -0.522. The van der Waals surface area contributed by atoms with Gasteiger partial charge in [-0.2, -0.15) is 0 Å². The molecule has 2 fully saturated rings. The average molecular weight is 332 g/mol. The molecule has 2 saturated carbocycles. The standard InChI is InChI=1S/C19H22F2N2O/c1-11-17(10-23(2)18(12-3-4-12)13-5-6-13)22-19(24-11)15-9-14(20)7-8-16(15)21/h7-9,12-13,18H,3-6,10H2,1-2H3. The van der Waals surface area contributed by atoms with Crippen LogP contribution in [0.5, 0.6) is 0 Å². The summed E-state index contributed by atoms with van der Waals surface area (Å²) in [6.45, 7) is 2.52. The van der Waals surface area contributed by atoms with Gasteiger partial charge in [0, 0.05) is 12.6 Å². The van der Waals surface area contributed by atoms with E-state index in [1.54, 1.807) is 0 Å². The maximum absolute atomic E-state index is 13.9. The Morgan fingerprint density at radius 3 is 2.50 bits per heavy atom. The van der Waals surface area contributed by atoms with E-state index in [1.807, 2.05) is 6.92 Å². The number of rotatable bonds is 6. The molecule has 0 saturated heterocycles. The Bertz CT molecular complexity index is 738. The molecule has 0 N–H and O–H groups in total. The second kappa shape index (κ2) is 5.96. The summed E-state index contributed by atoms with van der Waals surface area (Å²) in [7, 11) is 2.14. The van der Waals surface area contributed by atoms with Crippen LogP contribution in [0.25, 0.3) is 11.5 Å². The van der Waals surface area contributed by atoms with Crippen LogP contribution in [0.1, 0.15) is 37.1 Å². The number of aromatic nitrogens is 1. The Balaban J connectivity index is 1.56. The third kappa shape index (κ3) is 3.09. The second-order valence-corrected chi connectivity index (χ2v) is 7.23. The lowest BCUT2D eigenvalue weighted by Gasteiger charge is -2.27. The van der Waals surface area contributed by atoms with Gasteiger partial charge in [-0.25, -0.2) is 13.8 Å². The molecule has 3 nitrogen and oxygen atoms in total. The van der Waals surface area contributed by atoms with Gasteiger partial charge in [-0.15, -0.1) is 0 Å². The topological polar surface area (TPSA) is 29.3 Å². The van der Waals surface area contributed by atoms with Crippen LogP contribution in [-0.4, -0.2) is 23.0 Å². The molecule has 0 aliphatic heterocycles. The van der Waals surface area contributed by atoms with Crippen molar-refractivity contribution < 1.29 is 13.2 Å². The molecule has 4 rings (SSSR count). The molecule has 0 spiro atoms. The van der Waals surface area contributed by atoms with Crippen molar-refractivity contribution in [1.82, 2.24) is 9.88 Å². The molecule has 0 atom stereocenters. The third-order valence-corrected chi connectivity index (χ3v) is 5.17. The molecule has 0 amide bonds. The molecular formula is C19H22F2N2O. The van der Waals surface area contributed by atoms with Gasteiger partial charge in [0.1, 0.15) is 17.4 Å². The van der Waals surface area contributed by atoms with Crippen molar-refractivity contribution >= 4 is 0 Å². The normalized spacial score (nSPS) is 17.9. The summed E-state index contributed by atoms with van der Waals surface area (Å²) >= 11 is 0. The van der Waals surface area contributed by atoms with E-state index in [2.05, 4.69) is 16.9 Å². The van der Waals surface area contributed by atoms with Crippen LogP contribution in [0.2, 0.25) is 0 Å². The maximum atomic E-state index is 13.9. The van der Waals surface area contributed by atoms with Crippen molar-refractivity contribution in [2.75, 3.05) is 7.05 Å². The summed E-state index contributed by atoms with van der Waals surface area (Å²) in [5, 5.41) is 0. The van der Waals surface area contributed by atoms with Gasteiger partial charge >= 0.3 is 0 Å². The number of oxazole rings is 1. The van der Waals surface area contributed by atoms with Crippen LogP contribution < -0.4 is 0 Å². The summed E-state index contributed by atoms with van der Waals surface area (Å²) in [5.41, 5.74) is 0.885. The lowest BCUT2D eigenvalue weighted by molar-refractivity contribution is 0.184. The first-order chi connectivity index (χ1) is 11.5. The monoisotopic (exact) mass is 332 g/mol. The quantitative estimate of drug-likeness (QED) is 0.777. The molecule has 2 aromatic rings. The Morgan fingerprint density at radius 2 is 1.88 bits per heavy atom. The SMILES string of the molecule is Cc1oc(-c2cc(F)ccc2F)nc1CN(C)C(C1CC1)C1CC1. The van der Waals surface area contributed by atoms with Gasteiger partial charge in [-0.05, 0) is 69.7 Å². The zero-order chi connectivity index (χ0) is 16.8. The first-order valence-corrected chi connectivity index (χ1v) is 8.65. The Kier molecular flexibility index (Phi) is 3.91. The molecule has 0 radical (unpaired) electrons. The van der Waals surface area contributed by atoms with Gasteiger partial charge in [0.2, 0.25) is 5.89 Å². The number of halogens is 2. The van der Waals surface area contributed by atoms with E-state index in [4.69, 9.17) is 4.42 Å². The highest BCUT2D eigenvalue weighted by atomic mass is 19.1. The van der Waals surface area contributed by atoms with Gasteiger partial charge in [0.25, 0.3) is 0 Å². The van der Waals surface area contributed by atoms with Crippen LogP contribution in [0, 0.1) is 30.4 Å². The molecule has 1 aromatic carbocycles. The lowest BCUT2D eigenvalue weighted by Crippen LogP contribution is -2.35. The Morgan fingerprint density at radius 1 is 1.21 bits per heavy atom. The van der Waals surface area contributed by atoms with E-state index in [-0.39, 0.29) is 11.5 Å². The molecule has 2 aliphatic rings. The molecule has 2 aliphatic carbocycles. The van der Waals surface area contributed by atoms with Gasteiger partial charge in [0.15, 0.2) is 0 Å². The number of hydrogen-bond acceptors (Lipinski definition) is 3. The predicted molar refractivity (Wildman–Crippen MR) is 87.3 cm³/mol. The van der Waals surface area contributed by atoms with Crippen molar-refractivity contribution in [2.24, 2.45) is 11.8 Å². The molecule has 0 unspecified atom stereocenters. The van der Waals surface area contributed by atoms with E-state index in [0.717, 1.165) is 35.7 Å². The van der Waals surface area contributed by atoms with Crippen LogP contribution in [0.3, 0.4) is 0 Å². The molecule has 1 aromatic heterocycles. The minimum absolute atomic E-state index is 0.0768. The zero-order valence-electron chi connectivity index (χ0n) is 14.1. The summed E-state index contributed by atoms with van der Waals surface area (Å²) in [6, 6.07) is 3.95. The fourth-order valence-electron chi connectivity index (χ4n) is 3.67. The molecule has 0 bridgehead atoms. The van der Waals surface area contributed by atoms with Gasteiger partial charge < -0.3 is 4.42 Å². The summed E-state index contributed by atoms with van der Waals surface area (Å²) in [5.74, 6) is 1.44. The smallest absolute Gasteiger partial charge is 0.229 e. The summed E-state index contributed by atoms with van der Waals surface area (Å²) in [6.07, 6.45) is 5.29. The highest BCUT2D eigenvalue weighted by molar-refractivity contribution is 5.54. The average Bonchev–Trinajstić information content (AvgIpc) is 3.45. The Hall–Kier alpha value is -1.75. The van der Waals surface area contributed by atoms with Crippen LogP contribution in [0.4, 0.5) is 8.78 Å². The van der Waals surface area contributed by atoms with Crippen molar-refractivity contribution in [1.29, 1.82) is 0 Å². The van der Waals surface area contributed by atoms with Crippen molar-refractivity contribution in [3.63, 3.8) is 0 Å². The van der Waals surface area contributed by atoms with E-state index < -0.39 is 11.6 Å². The first-order valence-electron chi connectivity index (χ1n) is 8.65. The molecule has 1 heterocycles. The number of aryl methyl sites for hydroxylation is 1. The van der Waals surface area contributed by atoms with E-state index in [9.17, 15) is 8.78 Å². The van der Waals surface area contributed by atoms with Gasteiger partial charge in [-0.1, -0.05) is 0 Å². The lowest BCUT2D eigenvalue weighted by atomic mass is 10.1. The maximum Gasteiger partial charge on any atom is 0.229 e. The number of hydrogen-bond donors (Lipinski definition) is 0. The minimum Gasteiger partial charge on any atom is -0.441 e. The van der Waals surface area contributed by atoms with E-state index in [1.165, 1.54) is 25.7 Å². The fraction of sp³-hybridized carbons (Fsp3) is 0.526. The summed E-state index contributed by atoms with van der Waals surface area (Å²) < 4.78 is 33.0. The second-order valence-electron chi connectivity index (χ2n) is 7.23. The fourth-order valence-corrected chi connectivity index (χ4v) is 3.67. The van der Waals surface area contributed by atoms with E-state index in [0.29, 0.717) is 18.3 Å². The zero-order valence-corrected chi connectivity index (χ0v) is 14.1. The molecule has 5 heteroatoms. The largest absolute Gasteiger partial charge is 0.441 e. The van der Waals surface area contributed by atoms with Crippen molar-refractivity contribution in [3.05, 3.63) is 41.3 Å². The highest BCUT2D eigenvalue weighted by Gasteiger charge is 2.43. The van der Waals surface area contributed by atoms with Crippen LogP contribution in [-0.2, 0) is 6.54 Å².